The second-order valence-electron chi connectivity index (χ2n) is 21.5. The van der Waals surface area contributed by atoms with Crippen molar-refractivity contribution in [2.24, 2.45) is 23.7 Å². The summed E-state index contributed by atoms with van der Waals surface area (Å²) in [5, 5.41) is 29.7. The number of rotatable bonds is 13. The van der Waals surface area contributed by atoms with E-state index in [1.54, 1.807) is 33.1 Å². The predicted octanol–water partition coefficient (Wildman–Crippen LogP) is 5.81. The summed E-state index contributed by atoms with van der Waals surface area (Å²) < 4.78 is 65.0. The normalized spacial score (nSPS) is 42.9. The van der Waals surface area contributed by atoms with Crippen molar-refractivity contribution in [2.75, 3.05) is 27.4 Å². The zero-order chi connectivity index (χ0) is 52.3. The molecule has 0 aromatic carbocycles. The van der Waals surface area contributed by atoms with E-state index in [0.29, 0.717) is 37.0 Å². The molecule has 1 spiro atoms. The number of nitrogens with one attached hydrogen (secondary N) is 2. The molecule has 7 rings (SSSR count). The van der Waals surface area contributed by atoms with Gasteiger partial charge in [-0.25, -0.2) is 0 Å². The minimum absolute atomic E-state index is 0.00785. The van der Waals surface area contributed by atoms with Crippen LogP contribution in [0.1, 0.15) is 121 Å². The number of carbonyl (C=O) groups is 3. The molecule has 72 heavy (non-hydrogen) atoms. The molecule has 20 atom stereocenters. The summed E-state index contributed by atoms with van der Waals surface area (Å²) in [5.41, 5.74) is -1.45. The van der Waals surface area contributed by atoms with Crippen molar-refractivity contribution >= 4 is 17.8 Å². The van der Waals surface area contributed by atoms with Crippen LogP contribution in [0.3, 0.4) is 0 Å². The second-order valence-corrected chi connectivity index (χ2v) is 21.5. The fraction of sp³-hybridized carbons (Fsp3) is 0.764. The summed E-state index contributed by atoms with van der Waals surface area (Å²) in [6.45, 7) is 19.7. The Hall–Kier alpha value is -3.33. The van der Waals surface area contributed by atoms with Gasteiger partial charge in [-0.15, -0.1) is 0 Å². The minimum Gasteiger partial charge on any atom is -0.462 e. The van der Waals surface area contributed by atoms with E-state index in [4.69, 9.17) is 47.4 Å². The average Bonchev–Trinajstić information content (AvgIpc) is 3.68. The third-order valence-corrected chi connectivity index (χ3v) is 16.3. The Kier molecular flexibility index (Phi) is 18.6. The Labute approximate surface area is 426 Å². The van der Waals surface area contributed by atoms with E-state index in [0.717, 1.165) is 24.8 Å². The maximum absolute atomic E-state index is 14.4. The summed E-state index contributed by atoms with van der Waals surface area (Å²) in [7, 11) is 3.13. The Morgan fingerprint density at radius 3 is 2.39 bits per heavy atom. The first-order chi connectivity index (χ1) is 34.2. The van der Waals surface area contributed by atoms with Crippen LogP contribution in [-0.4, -0.2) is 152 Å². The number of unbranched alkanes of at least 4 members (excludes halogenated alkanes) is 1. The number of aliphatic hydroxyl groups excluding tert-OH is 1. The predicted molar refractivity (Wildman–Crippen MR) is 266 cm³/mol. The lowest BCUT2D eigenvalue weighted by Gasteiger charge is -2.49. The first-order valence-corrected chi connectivity index (χ1v) is 26.5. The molecule has 6 heterocycles. The first-order valence-electron chi connectivity index (χ1n) is 26.5. The van der Waals surface area contributed by atoms with Crippen LogP contribution in [0, 0.1) is 23.7 Å². The summed E-state index contributed by atoms with van der Waals surface area (Å²) in [4.78, 5) is 40.8. The van der Waals surface area contributed by atoms with Crippen LogP contribution in [0.2, 0.25) is 0 Å². The maximum Gasteiger partial charge on any atom is 0.316 e. The monoisotopic (exact) mass is 1010 g/mol. The van der Waals surface area contributed by atoms with Crippen LogP contribution in [0.15, 0.2) is 59.3 Å². The van der Waals surface area contributed by atoms with E-state index < -0.39 is 102 Å². The van der Waals surface area contributed by atoms with Gasteiger partial charge >= 0.3 is 5.97 Å². The average molecular weight is 1010 g/mol. The number of hydrogen-bond donors (Lipinski definition) is 4. The van der Waals surface area contributed by atoms with Gasteiger partial charge < -0.3 is 68.2 Å². The van der Waals surface area contributed by atoms with Crippen molar-refractivity contribution in [3.05, 3.63) is 59.3 Å². The topological polar surface area (TPSA) is 208 Å². The molecule has 0 radical (unpaired) electrons. The first kappa shape index (κ1) is 56.4. The van der Waals surface area contributed by atoms with Crippen molar-refractivity contribution in [2.45, 2.75) is 217 Å². The van der Waals surface area contributed by atoms with Crippen molar-refractivity contribution in [1.29, 1.82) is 0 Å². The van der Waals surface area contributed by atoms with Crippen molar-refractivity contribution in [1.82, 2.24) is 10.6 Å². The molecule has 4 N–H and O–H groups in total. The molecule has 2 amide bonds. The molecular formula is C55H84N2O15. The molecule has 404 valence electrons. The van der Waals surface area contributed by atoms with Crippen LogP contribution in [0.4, 0.5) is 0 Å². The molecule has 4 unspecified atom stereocenters. The summed E-state index contributed by atoms with van der Waals surface area (Å²) >= 11 is 0. The van der Waals surface area contributed by atoms with Gasteiger partial charge in [0.05, 0.1) is 49.3 Å². The summed E-state index contributed by atoms with van der Waals surface area (Å²) in [6.07, 6.45) is 8.95. The number of amides is 2. The largest absolute Gasteiger partial charge is 0.462 e. The number of hydrogen-bond acceptors (Lipinski definition) is 15. The van der Waals surface area contributed by atoms with E-state index in [1.165, 1.54) is 14.0 Å². The maximum atomic E-state index is 14.4. The summed E-state index contributed by atoms with van der Waals surface area (Å²) in [6, 6.07) is 0. The lowest BCUT2D eigenvalue weighted by Crippen LogP contribution is -2.74. The third kappa shape index (κ3) is 11.6. The molecule has 0 saturated carbocycles. The van der Waals surface area contributed by atoms with E-state index in [2.05, 4.69) is 43.6 Å². The molecule has 2 bridgehead atoms. The van der Waals surface area contributed by atoms with E-state index in [9.17, 15) is 24.6 Å². The van der Waals surface area contributed by atoms with Gasteiger partial charge in [0.1, 0.15) is 35.9 Å². The Bertz CT molecular complexity index is 2080. The van der Waals surface area contributed by atoms with Gasteiger partial charge in [-0.2, -0.15) is 0 Å². The molecule has 1 aliphatic carbocycles. The van der Waals surface area contributed by atoms with Gasteiger partial charge in [0.25, 0.3) is 5.91 Å². The number of fused-ring (bicyclic) bond motifs is 2. The fourth-order valence-electron chi connectivity index (χ4n) is 12.0. The molecule has 7 aliphatic rings. The van der Waals surface area contributed by atoms with Crippen molar-refractivity contribution in [3.63, 3.8) is 0 Å². The standard InChI is InChI=1S/C55H84N2O15/c1-13-15-23-56-52(61)54(57-37(10)58)36(9)67-45(27-43(54)64-12)70-49-35(8)66-44(26-42(49)63-11)69-47-31(4)17-16-18-38-29-65-50-46(59)34(7)24-41(55(38,50)62)51(60)68-40-25-39(20-19-32(47)5)71-53(28-40)22-21-33(6)48(72-53)30(3)14-2/h16-19,21-22,24,30-31,33,35-36,39-50,59,62H,13-15,20,23,25-29H2,1-12H3,(H,56,61)(H,57,58)/t30?,31?,33-,35-,36-,39+,40-,41-,42-,43-,44?,45?,46+,47-,48+,49-,50+,53+,54-,55+/m0/s1. The molecular weight excluding hydrogens is 929 g/mol. The van der Waals surface area contributed by atoms with Gasteiger partial charge in [0.15, 0.2) is 23.9 Å². The van der Waals surface area contributed by atoms with Gasteiger partial charge in [-0.3, -0.25) is 14.4 Å². The molecule has 0 aromatic heterocycles. The Balaban J connectivity index is 1.14. The van der Waals surface area contributed by atoms with E-state index in [1.807, 2.05) is 45.9 Å². The minimum atomic E-state index is -1.87. The number of allylic oxidation sites excluding steroid dienone is 2. The van der Waals surface area contributed by atoms with Crippen LogP contribution in [0.5, 0.6) is 0 Å². The Morgan fingerprint density at radius 1 is 0.944 bits per heavy atom. The highest BCUT2D eigenvalue weighted by Crippen LogP contribution is 2.47. The van der Waals surface area contributed by atoms with E-state index in [-0.39, 0.29) is 55.1 Å². The Morgan fingerprint density at radius 2 is 1.69 bits per heavy atom. The lowest BCUT2D eigenvalue weighted by atomic mass is 9.71. The van der Waals surface area contributed by atoms with Crippen LogP contribution in [-0.2, 0) is 61.8 Å². The van der Waals surface area contributed by atoms with Gasteiger partial charge in [0, 0.05) is 65.2 Å². The van der Waals surface area contributed by atoms with Gasteiger partial charge in [-0.1, -0.05) is 83.9 Å². The fourth-order valence-corrected chi connectivity index (χ4v) is 12.0. The number of carbonyl (C=O) groups excluding carboxylic acids is 3. The van der Waals surface area contributed by atoms with Crippen LogP contribution < -0.4 is 10.6 Å². The van der Waals surface area contributed by atoms with Crippen molar-refractivity contribution < 1.29 is 72.0 Å². The number of aliphatic hydroxyl groups is 2. The molecule has 17 nitrogen and oxygen atoms in total. The summed E-state index contributed by atoms with van der Waals surface area (Å²) in [5.74, 6) is -3.49. The number of ether oxygens (including phenoxy) is 10. The second kappa shape index (κ2) is 23.7. The molecule has 4 fully saturated rings. The van der Waals surface area contributed by atoms with Gasteiger partial charge in [-0.05, 0) is 69.2 Å². The van der Waals surface area contributed by atoms with E-state index >= 15 is 0 Å². The SMILES string of the molecule is CCCCNC(=O)[C@]1(NC(C)=O)[C@H](C)OC(O[C@H]2[C@H](C)OC(O[C@@H]3C(C)=CC[C@@H]4C[C@@H](C[C@]5(C=C[C@H](C)[C@@H](C(C)CC)O5)O4)OC(=O)[C@@H]4C=C(C)[C@@H](O)[C@H]5OCC(=CC=CC3C)[C@]54O)C[C@@H]2OC)C[C@@H]1OC. The van der Waals surface area contributed by atoms with Crippen molar-refractivity contribution in [3.8, 4) is 0 Å². The zero-order valence-electron chi connectivity index (χ0n) is 44.6. The smallest absolute Gasteiger partial charge is 0.316 e. The zero-order valence-corrected chi connectivity index (χ0v) is 44.6. The molecule has 17 heteroatoms. The molecule has 4 saturated heterocycles. The quantitative estimate of drug-likeness (QED) is 0.0976. The number of esters is 1. The molecule has 0 aromatic rings. The highest BCUT2D eigenvalue weighted by atomic mass is 16.7. The highest BCUT2D eigenvalue weighted by molar-refractivity contribution is 5.92. The highest BCUT2D eigenvalue weighted by Gasteiger charge is 2.61. The third-order valence-electron chi connectivity index (χ3n) is 16.3. The van der Waals surface area contributed by atoms with Crippen LogP contribution >= 0.6 is 0 Å². The van der Waals surface area contributed by atoms with Crippen LogP contribution in [0.25, 0.3) is 0 Å². The van der Waals surface area contributed by atoms with Gasteiger partial charge in [0.2, 0.25) is 5.91 Å². The molecule has 6 aliphatic heterocycles. The number of methoxy groups -OCH3 is 2. The lowest BCUT2D eigenvalue weighted by molar-refractivity contribution is -0.316.